The fourth-order valence-corrected chi connectivity index (χ4v) is 8.16. The number of rotatable bonds is 7. The molecule has 7 heteroatoms. The molecule has 0 spiro atoms. The van der Waals surface area contributed by atoms with Crippen LogP contribution in [0.5, 0.6) is 0 Å². The van der Waals surface area contributed by atoms with Crippen LogP contribution in [-0.4, -0.2) is 35.0 Å². The van der Waals surface area contributed by atoms with Crippen molar-refractivity contribution < 1.29 is 19.1 Å². The molecule has 3 aromatic rings. The number of carbonyl (C=O) groups excluding carboxylic acids is 3. The van der Waals surface area contributed by atoms with E-state index in [-0.39, 0.29) is 11.8 Å². The average Bonchev–Trinajstić information content (AvgIpc) is 3.80. The predicted octanol–water partition coefficient (Wildman–Crippen LogP) is 8.06. The number of aromatic nitrogens is 1. The highest BCUT2D eigenvalue weighted by molar-refractivity contribution is 6.06. The first-order valence-electron chi connectivity index (χ1n) is 17.0. The number of nitrogens with one attached hydrogen (secondary N) is 2. The number of hydrogen-bond donors (Lipinski definition) is 2. The minimum absolute atomic E-state index is 0.194. The first-order valence-corrected chi connectivity index (χ1v) is 17.0. The molecule has 2 N–H and O–H groups in total. The molecule has 7 nitrogen and oxygen atoms in total. The van der Waals surface area contributed by atoms with Crippen LogP contribution in [0.2, 0.25) is 0 Å². The van der Waals surface area contributed by atoms with Crippen LogP contribution >= 0.6 is 0 Å². The Hall–Kier alpha value is -4.39. The summed E-state index contributed by atoms with van der Waals surface area (Å²) in [5, 5.41) is 7.52. The fourth-order valence-electron chi connectivity index (χ4n) is 8.16. The number of aryl methyl sites for hydroxylation is 1. The van der Waals surface area contributed by atoms with Crippen LogP contribution in [0.4, 0.5) is 5.69 Å². The van der Waals surface area contributed by atoms with Crippen LogP contribution in [0.1, 0.15) is 110 Å². The quantitative estimate of drug-likeness (QED) is 0.207. The number of ether oxygens (including phenoxy) is 1. The summed E-state index contributed by atoms with van der Waals surface area (Å²) < 4.78 is 7.15. The van der Waals surface area contributed by atoms with Crippen molar-refractivity contribution >= 4 is 46.0 Å². The Balaban J connectivity index is 1.16. The molecule has 4 aliphatic rings. The van der Waals surface area contributed by atoms with Crippen LogP contribution < -0.4 is 10.6 Å². The number of allylic oxidation sites excluding steroid dienone is 4. The summed E-state index contributed by atoms with van der Waals surface area (Å²) in [6.07, 6.45) is 20.2. The van der Waals surface area contributed by atoms with Crippen molar-refractivity contribution in [3.05, 3.63) is 88.7 Å². The van der Waals surface area contributed by atoms with Crippen molar-refractivity contribution in [1.82, 2.24) is 9.88 Å². The Morgan fingerprint density at radius 2 is 1.74 bits per heavy atom. The third kappa shape index (κ3) is 5.72. The number of benzene rings is 2. The Morgan fingerprint density at radius 1 is 0.957 bits per heavy atom. The SMILES string of the molecule is COC(=O)/C=C/c1ccc(NC(=O)C2(NC(=O)c3ccc4c(C5CCCCC5)c5n(c4c3)CCCC3=C5C=CC3)CCCC2)cc1. The number of nitrogens with zero attached hydrogens (tertiary/aromatic N) is 1. The van der Waals surface area contributed by atoms with Gasteiger partial charge in [0.25, 0.3) is 5.91 Å². The van der Waals surface area contributed by atoms with E-state index in [1.807, 2.05) is 18.2 Å². The molecular weight excluding hydrogens is 574 g/mol. The van der Waals surface area contributed by atoms with Gasteiger partial charge < -0.3 is 19.9 Å². The summed E-state index contributed by atoms with van der Waals surface area (Å²) in [4.78, 5) is 39.1. The van der Waals surface area contributed by atoms with E-state index >= 15 is 0 Å². The number of hydrogen-bond acceptors (Lipinski definition) is 4. The Morgan fingerprint density at radius 3 is 2.50 bits per heavy atom. The van der Waals surface area contributed by atoms with E-state index in [0.29, 0.717) is 30.0 Å². The van der Waals surface area contributed by atoms with Crippen LogP contribution in [0.3, 0.4) is 0 Å². The molecule has 3 aliphatic carbocycles. The molecular formula is C39H43N3O4. The van der Waals surface area contributed by atoms with Crippen LogP contribution in [-0.2, 0) is 20.9 Å². The van der Waals surface area contributed by atoms with E-state index in [9.17, 15) is 14.4 Å². The molecule has 1 aliphatic heterocycles. The summed E-state index contributed by atoms with van der Waals surface area (Å²) in [6, 6.07) is 13.5. The summed E-state index contributed by atoms with van der Waals surface area (Å²) in [5.41, 5.74) is 8.07. The van der Waals surface area contributed by atoms with Gasteiger partial charge in [-0.15, -0.1) is 0 Å². The molecule has 0 saturated heterocycles. The zero-order valence-corrected chi connectivity index (χ0v) is 26.7. The zero-order valence-electron chi connectivity index (χ0n) is 26.7. The van der Waals surface area contributed by atoms with Crippen LogP contribution in [0.25, 0.3) is 22.6 Å². The Bertz CT molecular complexity index is 1760. The van der Waals surface area contributed by atoms with Gasteiger partial charge in [0, 0.05) is 34.8 Å². The number of fused-ring (bicyclic) bond motifs is 4. The van der Waals surface area contributed by atoms with E-state index in [1.54, 1.807) is 23.8 Å². The van der Waals surface area contributed by atoms with Crippen molar-refractivity contribution in [3.8, 4) is 0 Å². The Labute approximate surface area is 270 Å². The van der Waals surface area contributed by atoms with E-state index in [1.165, 1.54) is 67.5 Å². The van der Waals surface area contributed by atoms with Crippen LogP contribution in [0, 0.1) is 0 Å². The highest BCUT2D eigenvalue weighted by Crippen LogP contribution is 2.46. The first kappa shape index (κ1) is 30.3. The molecule has 0 bridgehead atoms. The van der Waals surface area contributed by atoms with Crippen molar-refractivity contribution in [2.24, 2.45) is 0 Å². The number of amides is 2. The van der Waals surface area contributed by atoms with Crippen molar-refractivity contribution in [2.75, 3.05) is 12.4 Å². The molecule has 2 aromatic carbocycles. The monoisotopic (exact) mass is 617 g/mol. The zero-order chi connectivity index (χ0) is 31.7. The lowest BCUT2D eigenvalue weighted by Crippen LogP contribution is -2.55. The standard InChI is InChI=1S/C39H43N3O4/c1-46-34(43)21-16-26-14-18-30(19-15-26)40-38(45)39(22-5-6-23-39)41-37(44)29-17-20-32-33(25-29)42-24-8-12-27-11-7-13-31(27)36(42)35(32)28-9-3-2-4-10-28/h7,13-21,25,28H,2-6,8-12,22-24H2,1H3,(H,40,45)(H,41,44)/b21-16+. The van der Waals surface area contributed by atoms with Gasteiger partial charge in [0.1, 0.15) is 5.54 Å². The van der Waals surface area contributed by atoms with Gasteiger partial charge in [0.15, 0.2) is 0 Å². The minimum Gasteiger partial charge on any atom is -0.466 e. The molecule has 46 heavy (non-hydrogen) atoms. The molecule has 7 rings (SSSR count). The number of carbonyl (C=O) groups is 3. The topological polar surface area (TPSA) is 89.4 Å². The van der Waals surface area contributed by atoms with Gasteiger partial charge in [-0.05, 0) is 97.9 Å². The lowest BCUT2D eigenvalue weighted by Gasteiger charge is -2.29. The molecule has 2 fully saturated rings. The van der Waals surface area contributed by atoms with Gasteiger partial charge in [-0.1, -0.05) is 68.0 Å². The van der Waals surface area contributed by atoms with Gasteiger partial charge >= 0.3 is 5.97 Å². The molecule has 2 heterocycles. The summed E-state index contributed by atoms with van der Waals surface area (Å²) in [6.45, 7) is 0.952. The van der Waals surface area contributed by atoms with Gasteiger partial charge in [-0.3, -0.25) is 9.59 Å². The first-order chi connectivity index (χ1) is 22.5. The molecule has 2 amide bonds. The van der Waals surface area contributed by atoms with Crippen molar-refractivity contribution in [3.63, 3.8) is 0 Å². The van der Waals surface area contributed by atoms with Gasteiger partial charge in [-0.2, -0.15) is 0 Å². The lowest BCUT2D eigenvalue weighted by atomic mass is 9.81. The summed E-state index contributed by atoms with van der Waals surface area (Å²) in [7, 11) is 1.34. The second kappa shape index (κ2) is 12.8. The van der Waals surface area contributed by atoms with Gasteiger partial charge in [-0.25, -0.2) is 4.79 Å². The molecule has 1 aromatic heterocycles. The van der Waals surface area contributed by atoms with Crippen molar-refractivity contribution in [1.29, 1.82) is 0 Å². The molecule has 0 atom stereocenters. The third-order valence-electron chi connectivity index (χ3n) is 10.6. The summed E-state index contributed by atoms with van der Waals surface area (Å²) >= 11 is 0. The fraction of sp³-hybridized carbons (Fsp3) is 0.410. The highest BCUT2D eigenvalue weighted by Gasteiger charge is 2.43. The van der Waals surface area contributed by atoms with E-state index in [2.05, 4.69) is 44.2 Å². The third-order valence-corrected chi connectivity index (χ3v) is 10.6. The normalized spacial score (nSPS) is 19.2. The average molecular weight is 618 g/mol. The van der Waals surface area contributed by atoms with Gasteiger partial charge in [0.05, 0.1) is 12.8 Å². The lowest BCUT2D eigenvalue weighted by molar-refractivity contribution is -0.134. The minimum atomic E-state index is -0.965. The molecule has 0 radical (unpaired) electrons. The molecule has 0 unspecified atom stereocenters. The number of methoxy groups -OCH3 is 1. The maximum Gasteiger partial charge on any atom is 0.330 e. The highest BCUT2D eigenvalue weighted by atomic mass is 16.5. The van der Waals surface area contributed by atoms with E-state index in [0.717, 1.165) is 49.7 Å². The second-order valence-corrected chi connectivity index (χ2v) is 13.4. The predicted molar refractivity (Wildman–Crippen MR) is 182 cm³/mol. The van der Waals surface area contributed by atoms with E-state index in [4.69, 9.17) is 0 Å². The van der Waals surface area contributed by atoms with Crippen molar-refractivity contribution in [2.45, 2.75) is 95.1 Å². The largest absolute Gasteiger partial charge is 0.466 e. The van der Waals surface area contributed by atoms with Gasteiger partial charge in [0.2, 0.25) is 5.91 Å². The summed E-state index contributed by atoms with van der Waals surface area (Å²) in [5.74, 6) is -0.270. The second-order valence-electron chi connectivity index (χ2n) is 13.4. The maximum absolute atomic E-state index is 14.0. The number of esters is 1. The molecule has 238 valence electrons. The Kier molecular flexibility index (Phi) is 8.41. The maximum atomic E-state index is 14.0. The number of anilines is 1. The van der Waals surface area contributed by atoms with E-state index < -0.39 is 11.5 Å². The molecule has 2 saturated carbocycles. The van der Waals surface area contributed by atoms with Crippen LogP contribution in [0.15, 0.2) is 66.3 Å². The smallest absolute Gasteiger partial charge is 0.330 e.